The highest BCUT2D eigenvalue weighted by atomic mass is 35.5. The van der Waals surface area contributed by atoms with Crippen LogP contribution in [0.3, 0.4) is 0 Å². The van der Waals surface area contributed by atoms with Gasteiger partial charge in [0.25, 0.3) is 0 Å². The number of hydrogen-bond acceptors (Lipinski definition) is 3. The van der Waals surface area contributed by atoms with Crippen molar-refractivity contribution < 1.29 is 14.3 Å². The quantitative estimate of drug-likeness (QED) is 0.520. The zero-order chi connectivity index (χ0) is 19.5. The fraction of sp³-hybridized carbons (Fsp3) is 0.450. The maximum absolute atomic E-state index is 14.3. The second kappa shape index (κ2) is 8.15. The van der Waals surface area contributed by atoms with Gasteiger partial charge in [-0.1, -0.05) is 50.3 Å². The Labute approximate surface area is 164 Å². The number of carboxylic acids is 1. The molecule has 0 spiro atoms. The second-order valence-electron chi connectivity index (χ2n) is 6.55. The van der Waals surface area contributed by atoms with Gasteiger partial charge in [0.15, 0.2) is 0 Å². The number of carbonyl (C=O) groups is 1. The van der Waals surface area contributed by atoms with Gasteiger partial charge in [-0.25, -0.2) is 4.39 Å². The molecule has 0 saturated heterocycles. The van der Waals surface area contributed by atoms with Crippen LogP contribution >= 0.6 is 24.2 Å². The van der Waals surface area contributed by atoms with Crippen molar-refractivity contribution >= 4 is 35.8 Å². The van der Waals surface area contributed by atoms with Crippen LogP contribution in [0.4, 0.5) is 4.39 Å². The summed E-state index contributed by atoms with van der Waals surface area (Å²) in [5, 5.41) is 9.62. The van der Waals surface area contributed by atoms with Crippen molar-refractivity contribution in [1.82, 2.24) is 4.90 Å². The highest BCUT2D eigenvalue weighted by Crippen LogP contribution is 2.47. The Balaban J connectivity index is 2.66. The summed E-state index contributed by atoms with van der Waals surface area (Å²) in [6, 6.07) is 5.74. The molecule has 0 saturated carbocycles. The van der Waals surface area contributed by atoms with E-state index < -0.39 is 22.4 Å². The van der Waals surface area contributed by atoms with E-state index in [1.807, 2.05) is 32.1 Å². The fourth-order valence-electron chi connectivity index (χ4n) is 3.76. The molecule has 0 bridgehead atoms. The van der Waals surface area contributed by atoms with Gasteiger partial charge >= 0.3 is 5.97 Å². The lowest BCUT2D eigenvalue weighted by Crippen LogP contribution is -2.63. The van der Waals surface area contributed by atoms with Gasteiger partial charge in [0, 0.05) is 11.3 Å². The molecule has 1 N–H and O–H groups in total. The van der Waals surface area contributed by atoms with Crippen LogP contribution in [0.1, 0.15) is 32.3 Å². The normalized spacial score (nSPS) is 26.7. The first-order valence-electron chi connectivity index (χ1n) is 8.68. The third-order valence-corrected chi connectivity index (χ3v) is 6.50. The molecule has 3 nitrogen and oxygen atoms in total. The highest BCUT2D eigenvalue weighted by molar-refractivity contribution is 7.80. The van der Waals surface area contributed by atoms with Gasteiger partial charge in [-0.2, -0.15) is 12.6 Å². The third-order valence-electron chi connectivity index (χ3n) is 5.43. The predicted octanol–water partition coefficient (Wildman–Crippen LogP) is 4.63. The van der Waals surface area contributed by atoms with Gasteiger partial charge < -0.3 is 5.11 Å². The van der Waals surface area contributed by atoms with Crippen LogP contribution in [-0.4, -0.2) is 45.2 Å². The molecule has 1 unspecified atom stereocenters. The van der Waals surface area contributed by atoms with Gasteiger partial charge in [-0.05, 0) is 31.5 Å². The minimum atomic E-state index is -0.958. The molecule has 0 radical (unpaired) electrons. The Morgan fingerprint density at radius 3 is 2.50 bits per heavy atom. The molecule has 1 aromatic rings. The zero-order valence-electron chi connectivity index (χ0n) is 15.2. The largest absolute Gasteiger partial charge is 0.480 e. The lowest BCUT2D eigenvalue weighted by atomic mass is 9.72. The molecule has 0 amide bonds. The van der Waals surface area contributed by atoms with E-state index in [4.69, 9.17) is 11.6 Å². The Morgan fingerprint density at radius 2 is 2.00 bits per heavy atom. The molecular weight excluding hydrogens is 373 g/mol. The standard InChI is InChI=1S/C20H25ClFNO2S/c1-4-19(21)11-10-14(15-8-6-7-9-16(15)22)12-20(19,5-2)23(3)17(13-26)18(24)25/h6-12,17,26H,4-5,13H2,1-3H3,(H,24,25)/t17-,19-,20?/m0/s1. The number of hydrogen-bond donors (Lipinski definition) is 2. The van der Waals surface area contributed by atoms with E-state index in [-0.39, 0.29) is 11.6 Å². The molecule has 1 aromatic carbocycles. The van der Waals surface area contributed by atoms with Crippen LogP contribution in [0.2, 0.25) is 0 Å². The average molecular weight is 398 g/mol. The van der Waals surface area contributed by atoms with Crippen LogP contribution in [0.15, 0.2) is 42.5 Å². The van der Waals surface area contributed by atoms with E-state index in [2.05, 4.69) is 12.6 Å². The van der Waals surface area contributed by atoms with E-state index in [1.54, 1.807) is 30.1 Å². The molecule has 2 rings (SSSR count). The van der Waals surface area contributed by atoms with Crippen molar-refractivity contribution in [3.05, 3.63) is 53.9 Å². The van der Waals surface area contributed by atoms with Crippen LogP contribution in [0, 0.1) is 5.82 Å². The Bertz CT molecular complexity index is 738. The van der Waals surface area contributed by atoms with Gasteiger partial charge in [-0.15, -0.1) is 11.6 Å². The summed E-state index contributed by atoms with van der Waals surface area (Å²) in [7, 11) is 1.75. The van der Waals surface area contributed by atoms with Crippen LogP contribution < -0.4 is 0 Å². The van der Waals surface area contributed by atoms with Crippen molar-refractivity contribution in [2.45, 2.75) is 43.1 Å². The fourth-order valence-corrected chi connectivity index (χ4v) is 4.55. The number of nitrogens with zero attached hydrogens (tertiary/aromatic N) is 1. The van der Waals surface area contributed by atoms with Crippen molar-refractivity contribution in [3.8, 4) is 0 Å². The van der Waals surface area contributed by atoms with Gasteiger partial charge in [0.2, 0.25) is 0 Å². The molecule has 6 heteroatoms. The molecule has 142 valence electrons. The second-order valence-corrected chi connectivity index (χ2v) is 7.59. The molecular formula is C20H25ClFNO2S. The smallest absolute Gasteiger partial charge is 0.321 e. The summed E-state index contributed by atoms with van der Waals surface area (Å²) in [5.41, 5.74) is 0.383. The van der Waals surface area contributed by atoms with Gasteiger partial charge in [-0.3, -0.25) is 9.69 Å². The SMILES string of the molecule is CCC1(N(C)[C@@H](CS)C(=O)O)C=C(c2ccccc2F)C=C[C@@]1(Cl)CC. The lowest BCUT2D eigenvalue weighted by molar-refractivity contribution is -0.144. The third kappa shape index (κ3) is 3.45. The summed E-state index contributed by atoms with van der Waals surface area (Å²) in [6.07, 6.45) is 6.78. The van der Waals surface area contributed by atoms with Crippen LogP contribution in [-0.2, 0) is 4.79 Å². The van der Waals surface area contributed by atoms with Crippen molar-refractivity contribution in [3.63, 3.8) is 0 Å². The Kier molecular flexibility index (Phi) is 6.59. The maximum Gasteiger partial charge on any atom is 0.321 e. The van der Waals surface area contributed by atoms with Crippen LogP contribution in [0.25, 0.3) is 5.57 Å². The first-order chi connectivity index (χ1) is 12.3. The zero-order valence-corrected chi connectivity index (χ0v) is 16.9. The lowest BCUT2D eigenvalue weighted by Gasteiger charge is -2.52. The van der Waals surface area contributed by atoms with E-state index in [0.717, 1.165) is 0 Å². The molecule has 3 atom stereocenters. The first-order valence-corrected chi connectivity index (χ1v) is 9.69. The minimum Gasteiger partial charge on any atom is -0.480 e. The number of aliphatic carboxylic acids is 1. The Hall–Kier alpha value is -1.30. The van der Waals surface area contributed by atoms with Crippen molar-refractivity contribution in [1.29, 1.82) is 0 Å². The molecule has 0 heterocycles. The number of benzene rings is 1. The van der Waals surface area contributed by atoms with Gasteiger partial charge in [0.05, 0.1) is 10.4 Å². The molecule has 0 fully saturated rings. The monoisotopic (exact) mass is 397 g/mol. The Morgan fingerprint density at radius 1 is 1.35 bits per heavy atom. The van der Waals surface area contributed by atoms with E-state index in [9.17, 15) is 14.3 Å². The number of likely N-dealkylation sites (N-methyl/N-ethyl adjacent to an activating group) is 1. The molecule has 1 aliphatic rings. The number of alkyl halides is 1. The molecule has 0 aliphatic heterocycles. The van der Waals surface area contributed by atoms with Crippen molar-refractivity contribution in [2.24, 2.45) is 0 Å². The van der Waals surface area contributed by atoms with E-state index in [1.165, 1.54) is 6.07 Å². The number of rotatable bonds is 7. The first kappa shape index (κ1) is 21.0. The topological polar surface area (TPSA) is 40.5 Å². The summed E-state index contributed by atoms with van der Waals surface area (Å²) < 4.78 is 14.3. The average Bonchev–Trinajstić information content (AvgIpc) is 2.63. The number of thiol groups is 1. The highest BCUT2D eigenvalue weighted by Gasteiger charge is 2.52. The number of allylic oxidation sites excluding steroid dienone is 2. The summed E-state index contributed by atoms with van der Waals surface area (Å²) in [6.45, 7) is 3.93. The maximum atomic E-state index is 14.3. The summed E-state index contributed by atoms with van der Waals surface area (Å²) in [4.78, 5) is 12.7. The predicted molar refractivity (Wildman–Crippen MR) is 108 cm³/mol. The molecule has 0 aromatic heterocycles. The molecule has 26 heavy (non-hydrogen) atoms. The number of carboxylic acid groups (broad SMARTS) is 1. The summed E-state index contributed by atoms with van der Waals surface area (Å²) in [5.74, 6) is -1.13. The summed E-state index contributed by atoms with van der Waals surface area (Å²) >= 11 is 11.2. The number of halogens is 2. The van der Waals surface area contributed by atoms with E-state index in [0.29, 0.717) is 24.0 Å². The van der Waals surface area contributed by atoms with Gasteiger partial charge in [0.1, 0.15) is 11.9 Å². The van der Waals surface area contributed by atoms with Crippen molar-refractivity contribution in [2.75, 3.05) is 12.8 Å². The van der Waals surface area contributed by atoms with Crippen LogP contribution in [0.5, 0.6) is 0 Å². The molecule has 1 aliphatic carbocycles. The minimum absolute atomic E-state index is 0.150. The van der Waals surface area contributed by atoms with E-state index >= 15 is 0 Å².